The normalized spacial score (nSPS) is 12.9. The van der Waals surface area contributed by atoms with E-state index in [0.717, 1.165) is 22.4 Å². The van der Waals surface area contributed by atoms with Gasteiger partial charge in [0, 0.05) is 17.2 Å². The summed E-state index contributed by atoms with van der Waals surface area (Å²) in [7, 11) is 0. The minimum atomic E-state index is 0.0615. The van der Waals surface area contributed by atoms with Crippen molar-refractivity contribution in [1.82, 2.24) is 0 Å². The Balaban J connectivity index is 3.26. The number of aromatic nitrogens is 1. The van der Waals surface area contributed by atoms with Crippen molar-refractivity contribution < 1.29 is 4.57 Å². The van der Waals surface area contributed by atoms with E-state index < -0.39 is 0 Å². The first-order valence-electron chi connectivity index (χ1n) is 8.13. The van der Waals surface area contributed by atoms with Crippen LogP contribution in [0, 0.1) is 5.41 Å². The fourth-order valence-electron chi connectivity index (χ4n) is 2.14. The van der Waals surface area contributed by atoms with Crippen molar-refractivity contribution in [2.45, 2.75) is 53.9 Å². The van der Waals surface area contributed by atoms with Crippen molar-refractivity contribution in [3.05, 3.63) is 66.5 Å². The first kappa shape index (κ1) is 19.2. The van der Waals surface area contributed by atoms with Gasteiger partial charge in [-0.3, -0.25) is 0 Å². The molecule has 0 aliphatic heterocycles. The third-order valence-corrected chi connectivity index (χ3v) is 4.18. The van der Waals surface area contributed by atoms with Crippen LogP contribution in [-0.4, -0.2) is 0 Å². The first-order chi connectivity index (χ1) is 10.4. The van der Waals surface area contributed by atoms with E-state index in [0.29, 0.717) is 0 Å². The number of pyridine rings is 1. The standard InChI is InChI=1S/C22H32N/c1-11-23-15-19(22(8,9)10)12-13-20(23)18(4)16(2)14-17(3)21(5,6)7/h11-15H,1,3-4H2,2,5-10H3/q+1/b16-14-. The van der Waals surface area contributed by atoms with E-state index in [1.165, 1.54) is 5.56 Å². The monoisotopic (exact) mass is 310 g/mol. The Hall–Kier alpha value is -1.89. The summed E-state index contributed by atoms with van der Waals surface area (Å²) in [5.74, 6) is 0. The Morgan fingerprint density at radius 3 is 2.04 bits per heavy atom. The number of nitrogens with zero attached hydrogens (tertiary/aromatic N) is 1. The molecule has 0 atom stereocenters. The number of hydrogen-bond donors (Lipinski definition) is 0. The van der Waals surface area contributed by atoms with E-state index in [4.69, 9.17) is 0 Å². The topological polar surface area (TPSA) is 3.88 Å². The summed E-state index contributed by atoms with van der Waals surface area (Å²) in [6, 6.07) is 4.30. The molecule has 0 aliphatic carbocycles. The van der Waals surface area contributed by atoms with Gasteiger partial charge in [0.05, 0.1) is 0 Å². The lowest BCUT2D eigenvalue weighted by Crippen LogP contribution is -2.33. The molecule has 0 radical (unpaired) electrons. The van der Waals surface area contributed by atoms with Crippen LogP contribution in [0.5, 0.6) is 0 Å². The summed E-state index contributed by atoms with van der Waals surface area (Å²) in [5, 5.41) is 0. The van der Waals surface area contributed by atoms with Gasteiger partial charge in [0.1, 0.15) is 0 Å². The van der Waals surface area contributed by atoms with Gasteiger partial charge in [0.25, 0.3) is 0 Å². The molecule has 1 nitrogen and oxygen atoms in total. The maximum absolute atomic E-state index is 4.28. The molecule has 0 fully saturated rings. The SMILES string of the molecule is C=C[n+]1cc(C(C)(C)C)ccc1C(=C)/C(C)=C\C(=C)C(C)(C)C. The van der Waals surface area contributed by atoms with Gasteiger partial charge in [0.2, 0.25) is 5.69 Å². The van der Waals surface area contributed by atoms with Gasteiger partial charge >= 0.3 is 0 Å². The van der Waals surface area contributed by atoms with Crippen LogP contribution in [0.15, 0.2) is 55.3 Å². The molecule has 0 amide bonds. The second-order valence-electron chi connectivity index (χ2n) is 8.22. The molecule has 0 bridgehead atoms. The van der Waals surface area contributed by atoms with E-state index >= 15 is 0 Å². The van der Waals surface area contributed by atoms with Crippen molar-refractivity contribution in [3.8, 4) is 0 Å². The van der Waals surface area contributed by atoms with Crippen molar-refractivity contribution in [1.29, 1.82) is 0 Å². The summed E-state index contributed by atoms with van der Waals surface area (Å²) >= 11 is 0. The summed E-state index contributed by atoms with van der Waals surface area (Å²) < 4.78 is 2.06. The molecule has 1 aromatic heterocycles. The van der Waals surface area contributed by atoms with Crippen LogP contribution >= 0.6 is 0 Å². The molecule has 0 unspecified atom stereocenters. The second kappa shape index (κ2) is 6.70. The minimum absolute atomic E-state index is 0.0615. The van der Waals surface area contributed by atoms with Crippen LogP contribution in [-0.2, 0) is 5.41 Å². The predicted molar refractivity (Wildman–Crippen MR) is 103 cm³/mol. The van der Waals surface area contributed by atoms with E-state index in [1.807, 2.05) is 6.20 Å². The molecular formula is C22H32N+. The molecule has 23 heavy (non-hydrogen) atoms. The van der Waals surface area contributed by atoms with Crippen LogP contribution in [0.1, 0.15) is 59.7 Å². The number of allylic oxidation sites excluding steroid dienone is 4. The van der Waals surface area contributed by atoms with Gasteiger partial charge in [-0.05, 0) is 41.5 Å². The summed E-state index contributed by atoms with van der Waals surface area (Å²) in [5.41, 5.74) is 5.73. The Kier molecular flexibility index (Phi) is 5.58. The Bertz CT molecular complexity index is 658. The predicted octanol–water partition coefficient (Wildman–Crippen LogP) is 5.93. The van der Waals surface area contributed by atoms with E-state index in [1.54, 1.807) is 0 Å². The third kappa shape index (κ3) is 4.79. The first-order valence-corrected chi connectivity index (χ1v) is 8.13. The van der Waals surface area contributed by atoms with Gasteiger partial charge in [-0.15, -0.1) is 0 Å². The highest BCUT2D eigenvalue weighted by atomic mass is 14.9. The quantitative estimate of drug-likeness (QED) is 0.479. The lowest BCUT2D eigenvalue weighted by Gasteiger charge is -2.20. The fourth-order valence-corrected chi connectivity index (χ4v) is 2.14. The van der Waals surface area contributed by atoms with Gasteiger partial charge in [-0.2, -0.15) is 4.57 Å². The zero-order valence-electron chi connectivity index (χ0n) is 16.0. The van der Waals surface area contributed by atoms with Gasteiger partial charge in [-0.25, -0.2) is 0 Å². The fraction of sp³-hybridized carbons (Fsp3) is 0.409. The molecular weight excluding hydrogens is 278 g/mol. The highest BCUT2D eigenvalue weighted by Gasteiger charge is 2.21. The maximum Gasteiger partial charge on any atom is 0.217 e. The Morgan fingerprint density at radius 2 is 1.61 bits per heavy atom. The van der Waals surface area contributed by atoms with Crippen molar-refractivity contribution in [3.63, 3.8) is 0 Å². The number of rotatable bonds is 4. The third-order valence-electron chi connectivity index (χ3n) is 4.18. The molecule has 0 saturated carbocycles. The smallest absolute Gasteiger partial charge is 0.167 e. The molecule has 124 valence electrons. The second-order valence-corrected chi connectivity index (χ2v) is 8.22. The molecule has 0 N–H and O–H groups in total. The Labute approximate surface area is 142 Å². The van der Waals surface area contributed by atoms with Gasteiger partial charge < -0.3 is 0 Å². The molecule has 1 rings (SSSR count). The van der Waals surface area contributed by atoms with Crippen molar-refractivity contribution >= 4 is 11.8 Å². The van der Waals surface area contributed by atoms with Crippen molar-refractivity contribution in [2.24, 2.45) is 5.41 Å². The molecule has 1 aromatic rings. The minimum Gasteiger partial charge on any atom is -0.167 e. The Morgan fingerprint density at radius 1 is 1.04 bits per heavy atom. The molecule has 1 heteroatoms. The molecule has 0 spiro atoms. The summed E-state index contributed by atoms with van der Waals surface area (Å²) in [6.07, 6.45) is 6.11. The van der Waals surface area contributed by atoms with E-state index in [2.05, 4.69) is 97.2 Å². The van der Waals surface area contributed by atoms with Crippen LogP contribution in [0.4, 0.5) is 0 Å². The van der Waals surface area contributed by atoms with E-state index in [9.17, 15) is 0 Å². The van der Waals surface area contributed by atoms with Crippen LogP contribution in [0.3, 0.4) is 0 Å². The number of hydrogen-bond acceptors (Lipinski definition) is 0. The maximum atomic E-state index is 4.28. The van der Waals surface area contributed by atoms with Crippen LogP contribution in [0.2, 0.25) is 0 Å². The summed E-state index contributed by atoms with van der Waals surface area (Å²) in [4.78, 5) is 0. The lowest BCUT2D eigenvalue weighted by atomic mass is 9.85. The average Bonchev–Trinajstić information content (AvgIpc) is 2.43. The molecule has 0 saturated heterocycles. The average molecular weight is 311 g/mol. The van der Waals surface area contributed by atoms with E-state index in [-0.39, 0.29) is 10.8 Å². The molecule has 0 aromatic carbocycles. The van der Waals surface area contributed by atoms with Crippen LogP contribution < -0.4 is 4.57 Å². The zero-order chi connectivity index (χ0) is 18.0. The molecule has 1 heterocycles. The van der Waals surface area contributed by atoms with Gasteiger partial charge in [-0.1, -0.05) is 60.8 Å². The highest BCUT2D eigenvalue weighted by Crippen LogP contribution is 2.29. The van der Waals surface area contributed by atoms with Crippen molar-refractivity contribution in [2.75, 3.05) is 0 Å². The summed E-state index contributed by atoms with van der Waals surface area (Å²) in [6.45, 7) is 27.6. The van der Waals surface area contributed by atoms with Crippen LogP contribution in [0.25, 0.3) is 11.8 Å². The lowest BCUT2D eigenvalue weighted by molar-refractivity contribution is -0.571. The highest BCUT2D eigenvalue weighted by molar-refractivity contribution is 5.74. The van der Waals surface area contributed by atoms with Gasteiger partial charge in [0.15, 0.2) is 12.4 Å². The largest absolute Gasteiger partial charge is 0.217 e. The molecule has 0 aliphatic rings. The zero-order valence-corrected chi connectivity index (χ0v) is 16.0.